The highest BCUT2D eigenvalue weighted by molar-refractivity contribution is 14.1. The molecule has 4 N–H and O–H groups in total. The van der Waals surface area contributed by atoms with Gasteiger partial charge in [-0.1, -0.05) is 0 Å². The smallest absolute Gasteiger partial charge is 0.423 e. The lowest BCUT2D eigenvalue weighted by Crippen LogP contribution is -2.33. The average Bonchev–Trinajstić information content (AvgIpc) is 2.47. The molecule has 1 aromatic carbocycles. The van der Waals surface area contributed by atoms with Crippen LogP contribution >= 0.6 is 33.9 Å². The summed E-state index contributed by atoms with van der Waals surface area (Å²) in [6.07, 6.45) is 0. The molecule has 0 saturated heterocycles. The molecule has 1 heterocycles. The van der Waals surface area contributed by atoms with Gasteiger partial charge in [0.25, 0.3) is 0 Å². The second-order valence-electron chi connectivity index (χ2n) is 2.90. The molecule has 14 heavy (non-hydrogen) atoms. The van der Waals surface area contributed by atoms with Crippen LogP contribution in [0, 0.1) is 3.57 Å². The van der Waals surface area contributed by atoms with Crippen LogP contribution in [0.1, 0.15) is 0 Å². The molecule has 0 aliphatic carbocycles. The molecule has 0 radical (unpaired) electrons. The number of hydrogen-bond donors (Lipinski definition) is 3. The Morgan fingerprint density at radius 1 is 1.36 bits per heavy atom. The standard InChI is InChI=1S/C8H7BINO2S/c10-4-1-2-6-7(5(11)3-14-6)8(4)9(12)13/h1-3,12-13H,11H2. The minimum Gasteiger partial charge on any atom is -0.423 e. The van der Waals surface area contributed by atoms with Gasteiger partial charge in [-0.05, 0) is 34.7 Å². The fourth-order valence-electron chi connectivity index (χ4n) is 1.41. The van der Waals surface area contributed by atoms with Crippen molar-refractivity contribution in [1.82, 2.24) is 0 Å². The van der Waals surface area contributed by atoms with Gasteiger partial charge in [0.1, 0.15) is 0 Å². The van der Waals surface area contributed by atoms with Crippen LogP contribution in [0.2, 0.25) is 0 Å². The quantitative estimate of drug-likeness (QED) is 0.537. The van der Waals surface area contributed by atoms with Gasteiger partial charge in [0.2, 0.25) is 0 Å². The Morgan fingerprint density at radius 2 is 2.07 bits per heavy atom. The van der Waals surface area contributed by atoms with Crippen LogP contribution in [0.3, 0.4) is 0 Å². The summed E-state index contributed by atoms with van der Waals surface area (Å²) >= 11 is 3.57. The fraction of sp³-hybridized carbons (Fsp3) is 0. The monoisotopic (exact) mass is 319 g/mol. The van der Waals surface area contributed by atoms with Crippen molar-refractivity contribution in [3.8, 4) is 0 Å². The molecule has 0 amide bonds. The fourth-order valence-corrected chi connectivity index (χ4v) is 3.00. The van der Waals surface area contributed by atoms with E-state index in [0.717, 1.165) is 13.7 Å². The summed E-state index contributed by atoms with van der Waals surface area (Å²) in [5, 5.41) is 21.1. The normalized spacial score (nSPS) is 10.8. The highest BCUT2D eigenvalue weighted by atomic mass is 127. The maximum absolute atomic E-state index is 9.25. The van der Waals surface area contributed by atoms with Gasteiger partial charge < -0.3 is 15.8 Å². The van der Waals surface area contributed by atoms with Crippen LogP contribution in [-0.2, 0) is 0 Å². The molecule has 1 aromatic heterocycles. The second kappa shape index (κ2) is 3.69. The number of benzene rings is 1. The summed E-state index contributed by atoms with van der Waals surface area (Å²) in [6.45, 7) is 0. The highest BCUT2D eigenvalue weighted by Gasteiger charge is 2.20. The van der Waals surface area contributed by atoms with Gasteiger partial charge >= 0.3 is 7.12 Å². The van der Waals surface area contributed by atoms with E-state index in [1.807, 2.05) is 17.5 Å². The molecular formula is C8H7BINO2S. The zero-order chi connectivity index (χ0) is 10.3. The molecule has 0 unspecified atom stereocenters. The molecule has 0 spiro atoms. The molecule has 2 aromatic rings. The molecule has 0 atom stereocenters. The van der Waals surface area contributed by atoms with Gasteiger partial charge in [0, 0.05) is 30.2 Å². The maximum atomic E-state index is 9.25. The summed E-state index contributed by atoms with van der Waals surface area (Å²) in [4.78, 5) is 0. The van der Waals surface area contributed by atoms with Crippen LogP contribution in [0.25, 0.3) is 10.1 Å². The first-order valence-electron chi connectivity index (χ1n) is 3.92. The molecule has 0 aliphatic rings. The Balaban J connectivity index is 2.87. The van der Waals surface area contributed by atoms with Gasteiger partial charge in [0.05, 0.1) is 0 Å². The summed E-state index contributed by atoms with van der Waals surface area (Å²) in [5.41, 5.74) is 6.87. The molecular weight excluding hydrogens is 312 g/mol. The van der Waals surface area contributed by atoms with E-state index in [2.05, 4.69) is 22.6 Å². The molecule has 3 nitrogen and oxygen atoms in total. The largest absolute Gasteiger partial charge is 0.490 e. The van der Waals surface area contributed by atoms with E-state index in [-0.39, 0.29) is 0 Å². The molecule has 0 fully saturated rings. The van der Waals surface area contributed by atoms with Gasteiger partial charge in [-0.2, -0.15) is 0 Å². The highest BCUT2D eigenvalue weighted by Crippen LogP contribution is 2.27. The van der Waals surface area contributed by atoms with Crippen molar-refractivity contribution in [2.45, 2.75) is 0 Å². The number of nitrogen functional groups attached to an aromatic ring is 1. The van der Waals surface area contributed by atoms with Gasteiger partial charge in [-0.25, -0.2) is 0 Å². The van der Waals surface area contributed by atoms with E-state index in [1.54, 1.807) is 0 Å². The third-order valence-corrected chi connectivity index (χ3v) is 3.92. The first-order valence-corrected chi connectivity index (χ1v) is 5.88. The summed E-state index contributed by atoms with van der Waals surface area (Å²) in [7, 11) is -1.47. The zero-order valence-electron chi connectivity index (χ0n) is 7.07. The van der Waals surface area contributed by atoms with Crippen LogP contribution in [0.4, 0.5) is 5.69 Å². The SMILES string of the molecule is Nc1csc2ccc(I)c(B(O)O)c12. The first kappa shape index (κ1) is 10.2. The van der Waals surface area contributed by atoms with E-state index >= 15 is 0 Å². The first-order chi connectivity index (χ1) is 6.61. The van der Waals surface area contributed by atoms with Gasteiger partial charge in [-0.15, -0.1) is 11.3 Å². The molecule has 72 valence electrons. The van der Waals surface area contributed by atoms with Crippen molar-refractivity contribution in [3.05, 3.63) is 21.1 Å². The lowest BCUT2D eigenvalue weighted by molar-refractivity contribution is 0.426. The molecule has 0 bridgehead atoms. The number of nitrogens with two attached hydrogens (primary N) is 1. The predicted molar refractivity (Wildman–Crippen MR) is 68.8 cm³/mol. The average molecular weight is 319 g/mol. The van der Waals surface area contributed by atoms with Crippen molar-refractivity contribution in [1.29, 1.82) is 0 Å². The van der Waals surface area contributed by atoms with Crippen molar-refractivity contribution < 1.29 is 10.0 Å². The summed E-state index contributed by atoms with van der Waals surface area (Å²) < 4.78 is 1.79. The number of hydrogen-bond acceptors (Lipinski definition) is 4. The minimum absolute atomic E-state index is 0.502. The molecule has 6 heteroatoms. The molecule has 0 aliphatic heterocycles. The Morgan fingerprint density at radius 3 is 2.71 bits per heavy atom. The summed E-state index contributed by atoms with van der Waals surface area (Å²) in [6, 6.07) is 3.79. The zero-order valence-corrected chi connectivity index (χ0v) is 10.0. The van der Waals surface area contributed by atoms with Crippen LogP contribution in [0.15, 0.2) is 17.5 Å². The van der Waals surface area contributed by atoms with E-state index in [4.69, 9.17) is 5.73 Å². The Kier molecular flexibility index (Phi) is 2.69. The third-order valence-electron chi connectivity index (χ3n) is 2.01. The van der Waals surface area contributed by atoms with Crippen molar-refractivity contribution in [2.24, 2.45) is 0 Å². The second-order valence-corrected chi connectivity index (χ2v) is 4.97. The van der Waals surface area contributed by atoms with Crippen LogP contribution in [0.5, 0.6) is 0 Å². The molecule has 2 rings (SSSR count). The van der Waals surface area contributed by atoms with Crippen molar-refractivity contribution in [2.75, 3.05) is 5.73 Å². The number of thiophene rings is 1. The summed E-state index contributed by atoms with van der Waals surface area (Å²) in [5.74, 6) is 0. The number of rotatable bonds is 1. The predicted octanol–water partition coefficient (Wildman–Crippen LogP) is 0.768. The number of halogens is 1. The molecule has 0 saturated carbocycles. The van der Waals surface area contributed by atoms with Crippen LogP contribution in [-0.4, -0.2) is 17.2 Å². The van der Waals surface area contributed by atoms with E-state index in [0.29, 0.717) is 11.2 Å². The van der Waals surface area contributed by atoms with Gasteiger partial charge in [-0.3, -0.25) is 0 Å². The third kappa shape index (κ3) is 1.52. The van der Waals surface area contributed by atoms with E-state index in [1.165, 1.54) is 11.3 Å². The van der Waals surface area contributed by atoms with Crippen molar-refractivity contribution in [3.63, 3.8) is 0 Å². The lowest BCUT2D eigenvalue weighted by atomic mass is 9.78. The Bertz CT molecular complexity index is 485. The van der Waals surface area contributed by atoms with Crippen LogP contribution < -0.4 is 11.2 Å². The number of anilines is 1. The topological polar surface area (TPSA) is 66.5 Å². The Hall–Kier alpha value is -0.305. The van der Waals surface area contributed by atoms with Crippen molar-refractivity contribution >= 4 is 62.3 Å². The van der Waals surface area contributed by atoms with Gasteiger partial charge in [0.15, 0.2) is 0 Å². The maximum Gasteiger partial charge on any atom is 0.490 e. The van der Waals surface area contributed by atoms with E-state index in [9.17, 15) is 10.0 Å². The number of fused-ring (bicyclic) bond motifs is 1. The Labute approximate surface area is 98.8 Å². The minimum atomic E-state index is -1.47. The lowest BCUT2D eigenvalue weighted by Gasteiger charge is -2.05. The van der Waals surface area contributed by atoms with E-state index < -0.39 is 7.12 Å².